The summed E-state index contributed by atoms with van der Waals surface area (Å²) in [5, 5.41) is 0.828. The highest BCUT2D eigenvalue weighted by atomic mass is 32.2. The van der Waals surface area contributed by atoms with Crippen LogP contribution in [0.1, 0.15) is 11.1 Å². The van der Waals surface area contributed by atoms with Crippen molar-refractivity contribution < 1.29 is 4.79 Å². The lowest BCUT2D eigenvalue weighted by Gasteiger charge is -2.35. The minimum atomic E-state index is -0.145. The van der Waals surface area contributed by atoms with Crippen LogP contribution >= 0.6 is 11.8 Å². The summed E-state index contributed by atoms with van der Waals surface area (Å²) < 4.78 is 0. The number of pyridine rings is 1. The summed E-state index contributed by atoms with van der Waals surface area (Å²) >= 11 is 1.47. The number of aromatic nitrogens is 1. The van der Waals surface area contributed by atoms with Gasteiger partial charge in [0.15, 0.2) is 5.17 Å². The normalized spacial score (nSPS) is 19.8. The van der Waals surface area contributed by atoms with E-state index in [4.69, 9.17) is 0 Å². The molecule has 1 fully saturated rings. The minimum absolute atomic E-state index is 0.145. The van der Waals surface area contributed by atoms with Gasteiger partial charge in [-0.05, 0) is 41.1 Å². The average molecular weight is 364 g/mol. The number of benzene rings is 1. The molecule has 0 atom stereocenters. The second-order valence-corrected chi connectivity index (χ2v) is 7.35. The molecular weight excluding hydrogens is 344 g/mol. The Hall–Kier alpha value is -2.44. The minimum Gasteiger partial charge on any atom is -0.348 e. The zero-order valence-corrected chi connectivity index (χ0v) is 15.2. The summed E-state index contributed by atoms with van der Waals surface area (Å²) in [6, 6.07) is 14.3. The number of amidine groups is 1. The van der Waals surface area contributed by atoms with Crippen LogP contribution in [0.3, 0.4) is 0 Å². The van der Waals surface area contributed by atoms with Crippen LogP contribution in [0.4, 0.5) is 0 Å². The van der Waals surface area contributed by atoms with Crippen molar-refractivity contribution >= 4 is 28.9 Å². The van der Waals surface area contributed by atoms with Crippen LogP contribution in [0.25, 0.3) is 6.08 Å². The number of hydrogen-bond donors (Lipinski definition) is 0. The number of amides is 1. The van der Waals surface area contributed by atoms with Crippen molar-refractivity contribution in [3.8, 4) is 0 Å². The topological polar surface area (TPSA) is 48.8 Å². The number of piperazine rings is 1. The maximum atomic E-state index is 12.2. The van der Waals surface area contributed by atoms with Crippen LogP contribution < -0.4 is 0 Å². The second-order valence-electron chi connectivity index (χ2n) is 6.34. The van der Waals surface area contributed by atoms with Gasteiger partial charge in [-0.15, -0.1) is 0 Å². The van der Waals surface area contributed by atoms with E-state index in [0.29, 0.717) is 4.91 Å². The molecule has 4 rings (SSSR count). The Labute approximate surface area is 157 Å². The van der Waals surface area contributed by atoms with Gasteiger partial charge >= 0.3 is 0 Å². The van der Waals surface area contributed by atoms with E-state index in [-0.39, 0.29) is 5.91 Å². The first-order valence-corrected chi connectivity index (χ1v) is 9.53. The van der Waals surface area contributed by atoms with E-state index in [9.17, 15) is 4.79 Å². The summed E-state index contributed by atoms with van der Waals surface area (Å²) in [6.07, 6.45) is 5.34. The molecule has 0 N–H and O–H groups in total. The lowest BCUT2D eigenvalue weighted by Crippen LogP contribution is -2.47. The SMILES string of the molecule is O=C1N=C(N2CCN(Cc3ccccc3)CC2)SC1=Cc1ccncc1. The first-order valence-electron chi connectivity index (χ1n) is 8.72. The fourth-order valence-corrected chi connectivity index (χ4v) is 4.05. The van der Waals surface area contributed by atoms with Gasteiger partial charge in [0, 0.05) is 45.1 Å². The van der Waals surface area contributed by atoms with Crippen LogP contribution in [0.5, 0.6) is 0 Å². The molecule has 3 heterocycles. The quantitative estimate of drug-likeness (QED) is 0.784. The Bertz CT molecular complexity index is 827. The van der Waals surface area contributed by atoms with Gasteiger partial charge in [-0.25, -0.2) is 0 Å². The largest absolute Gasteiger partial charge is 0.348 e. The van der Waals surface area contributed by atoms with E-state index in [2.05, 4.69) is 44.0 Å². The molecule has 6 heteroatoms. The van der Waals surface area contributed by atoms with Crippen molar-refractivity contribution in [3.05, 3.63) is 70.9 Å². The molecule has 2 aliphatic heterocycles. The Morgan fingerprint density at radius 2 is 1.73 bits per heavy atom. The van der Waals surface area contributed by atoms with Gasteiger partial charge in [0.05, 0.1) is 4.91 Å². The van der Waals surface area contributed by atoms with Crippen molar-refractivity contribution in [2.45, 2.75) is 6.54 Å². The number of nitrogens with zero attached hydrogens (tertiary/aromatic N) is 4. The second kappa shape index (κ2) is 7.85. The molecule has 0 aliphatic carbocycles. The molecule has 0 unspecified atom stereocenters. The van der Waals surface area contributed by atoms with Gasteiger partial charge < -0.3 is 4.90 Å². The van der Waals surface area contributed by atoms with Crippen LogP contribution in [-0.4, -0.2) is 52.0 Å². The molecule has 0 radical (unpaired) electrons. The Morgan fingerprint density at radius 3 is 2.46 bits per heavy atom. The van der Waals surface area contributed by atoms with E-state index in [1.807, 2.05) is 24.3 Å². The van der Waals surface area contributed by atoms with E-state index in [1.165, 1.54) is 17.3 Å². The molecule has 1 saturated heterocycles. The third kappa shape index (κ3) is 4.03. The van der Waals surface area contributed by atoms with Crippen molar-refractivity contribution in [3.63, 3.8) is 0 Å². The molecule has 1 aromatic carbocycles. The molecule has 1 amide bonds. The van der Waals surface area contributed by atoms with Gasteiger partial charge in [-0.2, -0.15) is 4.99 Å². The third-order valence-corrected chi connectivity index (χ3v) is 5.55. The summed E-state index contributed by atoms with van der Waals surface area (Å²) in [7, 11) is 0. The van der Waals surface area contributed by atoms with Gasteiger partial charge in [0.2, 0.25) is 0 Å². The lowest BCUT2D eigenvalue weighted by atomic mass is 10.2. The summed E-state index contributed by atoms with van der Waals surface area (Å²) in [5.74, 6) is -0.145. The molecule has 0 saturated carbocycles. The fraction of sp³-hybridized carbons (Fsp3) is 0.250. The third-order valence-electron chi connectivity index (χ3n) is 4.50. The Kier molecular flexibility index (Phi) is 5.13. The molecule has 26 heavy (non-hydrogen) atoms. The molecule has 2 aliphatic rings. The standard InChI is InChI=1S/C20H20N4OS/c25-19-18(14-16-6-8-21-9-7-16)26-20(22-19)24-12-10-23(11-13-24)15-17-4-2-1-3-5-17/h1-9,14H,10-13,15H2. The van der Waals surface area contributed by atoms with Gasteiger partial charge in [-0.1, -0.05) is 30.3 Å². The van der Waals surface area contributed by atoms with Crippen molar-refractivity contribution in [2.24, 2.45) is 4.99 Å². The Morgan fingerprint density at radius 1 is 1.00 bits per heavy atom. The van der Waals surface area contributed by atoms with Crippen molar-refractivity contribution in [1.82, 2.24) is 14.8 Å². The average Bonchev–Trinajstić information content (AvgIpc) is 3.04. The van der Waals surface area contributed by atoms with Crippen LogP contribution in [0.2, 0.25) is 0 Å². The molecular formula is C20H20N4OS. The van der Waals surface area contributed by atoms with E-state index < -0.39 is 0 Å². The molecule has 132 valence electrons. The predicted octanol–water partition coefficient (Wildman–Crippen LogP) is 2.87. The molecule has 1 aromatic heterocycles. The van der Waals surface area contributed by atoms with Crippen molar-refractivity contribution in [2.75, 3.05) is 26.2 Å². The van der Waals surface area contributed by atoms with Gasteiger partial charge in [0.1, 0.15) is 0 Å². The zero-order chi connectivity index (χ0) is 17.8. The summed E-state index contributed by atoms with van der Waals surface area (Å²) in [4.78, 5) is 25.8. The van der Waals surface area contributed by atoms with E-state index in [0.717, 1.165) is 43.5 Å². The number of thioether (sulfide) groups is 1. The van der Waals surface area contributed by atoms with Crippen LogP contribution in [0, 0.1) is 0 Å². The van der Waals surface area contributed by atoms with Gasteiger partial charge in [0.25, 0.3) is 5.91 Å². The summed E-state index contributed by atoms with van der Waals surface area (Å²) in [5.41, 5.74) is 2.31. The highest BCUT2D eigenvalue weighted by Gasteiger charge is 2.28. The Balaban J connectivity index is 1.34. The number of hydrogen-bond acceptors (Lipinski definition) is 5. The number of carbonyl (C=O) groups is 1. The number of aliphatic imine (C=N–C) groups is 1. The van der Waals surface area contributed by atoms with Gasteiger partial charge in [-0.3, -0.25) is 14.7 Å². The highest BCUT2D eigenvalue weighted by molar-refractivity contribution is 8.18. The maximum Gasteiger partial charge on any atom is 0.286 e. The monoisotopic (exact) mass is 364 g/mol. The first kappa shape index (κ1) is 17.0. The van der Waals surface area contributed by atoms with Crippen LogP contribution in [-0.2, 0) is 11.3 Å². The molecule has 5 nitrogen and oxygen atoms in total. The highest BCUT2D eigenvalue weighted by Crippen LogP contribution is 2.30. The van der Waals surface area contributed by atoms with Crippen LogP contribution in [0.15, 0.2) is 64.8 Å². The number of rotatable bonds is 3. The van der Waals surface area contributed by atoms with E-state index >= 15 is 0 Å². The first-order chi connectivity index (χ1) is 12.8. The maximum absolute atomic E-state index is 12.2. The molecule has 2 aromatic rings. The fourth-order valence-electron chi connectivity index (χ4n) is 3.08. The van der Waals surface area contributed by atoms with E-state index in [1.54, 1.807) is 12.4 Å². The predicted molar refractivity (Wildman–Crippen MR) is 106 cm³/mol. The summed E-state index contributed by atoms with van der Waals surface area (Å²) in [6.45, 7) is 4.72. The van der Waals surface area contributed by atoms with Crippen molar-refractivity contribution in [1.29, 1.82) is 0 Å². The number of carbonyl (C=O) groups excluding carboxylic acids is 1. The molecule has 0 spiro atoms. The smallest absolute Gasteiger partial charge is 0.286 e. The zero-order valence-electron chi connectivity index (χ0n) is 14.4. The lowest BCUT2D eigenvalue weighted by molar-refractivity contribution is -0.113. The molecule has 0 bridgehead atoms.